The summed E-state index contributed by atoms with van der Waals surface area (Å²) in [4.78, 5) is 16.1. The molecule has 10 heteroatoms. The maximum Gasteiger partial charge on any atom is 0.250 e. The molecule has 0 saturated heterocycles. The summed E-state index contributed by atoms with van der Waals surface area (Å²) in [6.07, 6.45) is 0. The van der Waals surface area contributed by atoms with E-state index < -0.39 is 52.7 Å². The summed E-state index contributed by atoms with van der Waals surface area (Å²) in [7, 11) is 0. The maximum absolute atomic E-state index is 15.2. The fourth-order valence-corrected chi connectivity index (χ4v) is 3.81. The van der Waals surface area contributed by atoms with Gasteiger partial charge in [-0.05, 0) is 42.3 Å². The Labute approximate surface area is 184 Å². The third-order valence-corrected chi connectivity index (χ3v) is 5.22. The van der Waals surface area contributed by atoms with Crippen molar-refractivity contribution in [3.8, 4) is 28.3 Å². The molecule has 0 fully saturated rings. The number of aromatic hydroxyl groups is 1. The van der Waals surface area contributed by atoms with Gasteiger partial charge in [-0.25, -0.2) is 22.5 Å². The smallest absolute Gasteiger partial charge is 0.250 e. The summed E-state index contributed by atoms with van der Waals surface area (Å²) < 4.78 is 61.5. The number of benzene rings is 3. The van der Waals surface area contributed by atoms with Crippen LogP contribution in [0.4, 0.5) is 17.6 Å². The van der Waals surface area contributed by atoms with Gasteiger partial charge in [0.05, 0.1) is 34.3 Å². The van der Waals surface area contributed by atoms with Gasteiger partial charge in [0.15, 0.2) is 23.3 Å². The molecule has 0 radical (unpaired) electrons. The maximum atomic E-state index is 15.2. The van der Waals surface area contributed by atoms with Crippen LogP contribution in [0, 0.1) is 30.2 Å². The largest absolute Gasteiger partial charge is 0.508 e. The van der Waals surface area contributed by atoms with E-state index in [0.717, 1.165) is 28.8 Å². The lowest BCUT2D eigenvalue weighted by molar-refractivity contribution is 0.100. The Balaban J connectivity index is 2.06. The molecule has 0 atom stereocenters. The van der Waals surface area contributed by atoms with E-state index >= 15 is 17.6 Å². The zero-order chi connectivity index (χ0) is 24.0. The summed E-state index contributed by atoms with van der Waals surface area (Å²) in [6.45, 7) is 0.838. The van der Waals surface area contributed by atoms with E-state index in [-0.39, 0.29) is 34.5 Å². The predicted octanol–water partition coefficient (Wildman–Crippen LogP) is 4.03. The van der Waals surface area contributed by atoms with Gasteiger partial charge in [0.2, 0.25) is 0 Å². The molecule has 4 N–H and O–H groups in total. The molecule has 1 heterocycles. The molecule has 0 bridgehead atoms. The van der Waals surface area contributed by atoms with Gasteiger partial charge in [-0.3, -0.25) is 4.79 Å². The van der Waals surface area contributed by atoms with Crippen LogP contribution in [0.1, 0.15) is 15.9 Å². The number of phenols is 1. The van der Waals surface area contributed by atoms with Crippen molar-refractivity contribution < 1.29 is 32.6 Å². The predicted molar refractivity (Wildman–Crippen MR) is 112 cm³/mol. The molecule has 33 heavy (non-hydrogen) atoms. The molecule has 1 aromatic heterocycles. The highest BCUT2D eigenvalue weighted by Crippen LogP contribution is 2.38. The monoisotopic (exact) mass is 459 g/mol. The van der Waals surface area contributed by atoms with Crippen molar-refractivity contribution >= 4 is 16.9 Å². The van der Waals surface area contributed by atoms with Crippen molar-refractivity contribution in [2.45, 2.75) is 13.5 Å². The average molecular weight is 459 g/mol. The minimum absolute atomic E-state index is 0.0281. The molecule has 0 saturated carbocycles. The van der Waals surface area contributed by atoms with Crippen LogP contribution in [-0.4, -0.2) is 32.3 Å². The van der Waals surface area contributed by atoms with E-state index in [9.17, 15) is 15.0 Å². The summed E-state index contributed by atoms with van der Waals surface area (Å²) >= 11 is 0. The second-order valence-electron chi connectivity index (χ2n) is 7.41. The number of hydrogen-bond acceptors (Lipinski definition) is 4. The number of amides is 1. The zero-order valence-corrected chi connectivity index (χ0v) is 17.2. The van der Waals surface area contributed by atoms with Crippen LogP contribution < -0.4 is 5.73 Å². The number of carbonyl (C=O) groups excluding carboxylic acids is 1. The molecule has 4 rings (SSSR count). The number of halogens is 4. The Morgan fingerprint density at radius 1 is 1.00 bits per heavy atom. The molecule has 3 aromatic carbocycles. The molecule has 0 aliphatic rings. The second kappa shape index (κ2) is 8.21. The number of nitrogens with two attached hydrogens (primary N) is 1. The molecule has 170 valence electrons. The fraction of sp³-hybridized carbons (Fsp3) is 0.130. The highest BCUT2D eigenvalue weighted by molar-refractivity contribution is 6.05. The Kier molecular flexibility index (Phi) is 5.54. The van der Waals surface area contributed by atoms with Crippen molar-refractivity contribution in [3.05, 3.63) is 70.8 Å². The molecule has 0 aliphatic carbocycles. The van der Waals surface area contributed by atoms with Gasteiger partial charge in [-0.15, -0.1) is 0 Å². The number of aryl methyl sites for hydroxylation is 1. The normalized spacial score (nSPS) is 11.3. The first-order valence-electron chi connectivity index (χ1n) is 9.73. The van der Waals surface area contributed by atoms with Gasteiger partial charge >= 0.3 is 0 Å². The third-order valence-electron chi connectivity index (χ3n) is 5.22. The minimum atomic E-state index is -1.70. The van der Waals surface area contributed by atoms with Gasteiger partial charge in [-0.2, -0.15) is 0 Å². The molecular weight excluding hydrogens is 442 g/mol. The van der Waals surface area contributed by atoms with Crippen molar-refractivity contribution in [1.82, 2.24) is 9.55 Å². The van der Waals surface area contributed by atoms with E-state index in [2.05, 4.69) is 4.98 Å². The summed E-state index contributed by atoms with van der Waals surface area (Å²) in [5.74, 6) is -8.30. The first-order chi connectivity index (χ1) is 15.6. The van der Waals surface area contributed by atoms with Gasteiger partial charge < -0.3 is 20.5 Å². The van der Waals surface area contributed by atoms with Crippen LogP contribution >= 0.6 is 0 Å². The molecule has 1 amide bonds. The first kappa shape index (κ1) is 22.3. The number of aliphatic hydroxyl groups excluding tert-OH is 1. The van der Waals surface area contributed by atoms with Crippen LogP contribution in [0.15, 0.2) is 36.4 Å². The van der Waals surface area contributed by atoms with E-state index in [0.29, 0.717) is 5.56 Å². The second-order valence-corrected chi connectivity index (χ2v) is 7.41. The molecule has 0 spiro atoms. The number of aromatic nitrogens is 2. The van der Waals surface area contributed by atoms with Crippen LogP contribution in [0.25, 0.3) is 33.5 Å². The highest BCUT2D eigenvalue weighted by Gasteiger charge is 2.31. The lowest BCUT2D eigenvalue weighted by Crippen LogP contribution is -2.15. The zero-order valence-electron chi connectivity index (χ0n) is 17.2. The summed E-state index contributed by atoms with van der Waals surface area (Å²) in [5.41, 5.74) is 3.91. The number of primary amides is 1. The lowest BCUT2D eigenvalue weighted by Gasteiger charge is -2.14. The average Bonchev–Trinajstić information content (AvgIpc) is 3.11. The number of nitrogens with zero attached hydrogens (tertiary/aromatic N) is 2. The van der Waals surface area contributed by atoms with Crippen molar-refractivity contribution in [2.75, 3.05) is 6.61 Å². The minimum Gasteiger partial charge on any atom is -0.508 e. The number of imidazole rings is 1. The SMILES string of the molecule is Cc1cc(C(N)=O)c2c(c1)nc(-c1c(F)c(F)c(-c3ccc(O)cc3)c(F)c1F)n2CCO. The molecule has 6 nitrogen and oxygen atoms in total. The molecular formula is C23H17F4N3O3. The van der Waals surface area contributed by atoms with E-state index in [4.69, 9.17) is 5.73 Å². The van der Waals surface area contributed by atoms with Crippen molar-refractivity contribution in [1.29, 1.82) is 0 Å². The number of carbonyl (C=O) groups is 1. The Morgan fingerprint density at radius 2 is 1.58 bits per heavy atom. The Hall–Kier alpha value is -3.92. The van der Waals surface area contributed by atoms with Crippen molar-refractivity contribution in [2.24, 2.45) is 5.73 Å². The number of rotatable bonds is 5. The van der Waals surface area contributed by atoms with Crippen molar-refractivity contribution in [3.63, 3.8) is 0 Å². The summed E-state index contributed by atoms with van der Waals surface area (Å²) in [6, 6.07) is 7.40. The molecule has 0 aliphatic heterocycles. The van der Waals surface area contributed by atoms with E-state index in [1.807, 2.05) is 0 Å². The molecule has 0 unspecified atom stereocenters. The lowest BCUT2D eigenvalue weighted by atomic mass is 10.0. The van der Waals surface area contributed by atoms with Crippen LogP contribution in [0.2, 0.25) is 0 Å². The molecule has 4 aromatic rings. The number of hydrogen-bond donors (Lipinski definition) is 3. The van der Waals surface area contributed by atoms with E-state index in [1.54, 1.807) is 6.92 Å². The van der Waals surface area contributed by atoms with Crippen LogP contribution in [-0.2, 0) is 6.54 Å². The first-order valence-corrected chi connectivity index (χ1v) is 9.73. The van der Waals surface area contributed by atoms with Crippen LogP contribution in [0.5, 0.6) is 5.75 Å². The van der Waals surface area contributed by atoms with Gasteiger partial charge in [0, 0.05) is 6.54 Å². The number of fused-ring (bicyclic) bond motifs is 1. The van der Waals surface area contributed by atoms with Crippen LogP contribution in [0.3, 0.4) is 0 Å². The fourth-order valence-electron chi connectivity index (χ4n) is 3.81. The van der Waals surface area contributed by atoms with Gasteiger partial charge in [-0.1, -0.05) is 12.1 Å². The number of aliphatic hydroxyl groups is 1. The summed E-state index contributed by atoms with van der Waals surface area (Å²) in [5, 5.41) is 18.9. The number of phenolic OH excluding ortho intramolecular Hbond substituents is 1. The Bertz CT molecular complexity index is 1390. The van der Waals surface area contributed by atoms with Gasteiger partial charge in [0.1, 0.15) is 11.6 Å². The third kappa shape index (κ3) is 3.58. The quantitative estimate of drug-likeness (QED) is 0.310. The van der Waals surface area contributed by atoms with Gasteiger partial charge in [0.25, 0.3) is 5.91 Å². The standard InChI is InChI=1S/C23H17F4N3O3/c1-10-8-13(22(28)33)21-14(9-10)29-23(30(21)6-7-31)16-19(26)17(24)15(18(25)20(16)27)11-2-4-12(32)5-3-11/h2-5,8-9,31-32H,6-7H2,1H3,(H2,28,33). The highest BCUT2D eigenvalue weighted by atomic mass is 19.2. The Morgan fingerprint density at radius 3 is 2.12 bits per heavy atom. The van der Waals surface area contributed by atoms with E-state index in [1.165, 1.54) is 12.1 Å². The topological polar surface area (TPSA) is 101 Å².